The topological polar surface area (TPSA) is 61.5 Å². The first-order valence-corrected chi connectivity index (χ1v) is 9.46. The van der Waals surface area contributed by atoms with Crippen LogP contribution in [0.25, 0.3) is 0 Å². The number of halogens is 1. The van der Waals surface area contributed by atoms with Gasteiger partial charge in [-0.2, -0.15) is 0 Å². The van der Waals surface area contributed by atoms with Crippen molar-refractivity contribution in [2.75, 3.05) is 0 Å². The van der Waals surface area contributed by atoms with Gasteiger partial charge in [-0.1, -0.05) is 61.0 Å². The first kappa shape index (κ1) is 18.8. The van der Waals surface area contributed by atoms with E-state index >= 15 is 0 Å². The Morgan fingerprint density at radius 2 is 1.77 bits per heavy atom. The fourth-order valence-corrected chi connectivity index (χ4v) is 3.71. The van der Waals surface area contributed by atoms with Crippen molar-refractivity contribution < 1.29 is 14.3 Å². The van der Waals surface area contributed by atoms with Crippen LogP contribution in [0.15, 0.2) is 53.0 Å². The summed E-state index contributed by atoms with van der Waals surface area (Å²) in [6.07, 6.45) is 0.0790. The number of primary amides is 1. The third-order valence-electron chi connectivity index (χ3n) is 5.06. The summed E-state index contributed by atoms with van der Waals surface area (Å²) in [7, 11) is 0. The van der Waals surface area contributed by atoms with Crippen molar-refractivity contribution in [2.24, 2.45) is 11.1 Å². The fraction of sp³-hybridized carbons (Fsp3) is 0.381. The Hall–Kier alpha value is -2.01. The molecule has 0 heterocycles. The molecule has 5 heteroatoms. The van der Waals surface area contributed by atoms with Crippen molar-refractivity contribution in [3.8, 4) is 5.75 Å². The summed E-state index contributed by atoms with van der Waals surface area (Å²) in [6, 6.07) is 16.1. The van der Waals surface area contributed by atoms with Crippen LogP contribution in [0.1, 0.15) is 44.2 Å². The zero-order chi connectivity index (χ0) is 18.9. The molecule has 0 spiro atoms. The Bertz CT molecular complexity index is 780. The molecule has 0 radical (unpaired) electrons. The van der Waals surface area contributed by atoms with E-state index in [4.69, 9.17) is 15.2 Å². The SMILES string of the molecule is CC(C)(C)C1(OC(N)=O)CC1c1ccc(OCc2ccc(Br)cc2)cc1. The lowest BCUT2D eigenvalue weighted by molar-refractivity contribution is 0.0111. The van der Waals surface area contributed by atoms with Crippen LogP contribution < -0.4 is 10.5 Å². The average Bonchev–Trinajstić information content (AvgIpc) is 3.29. The Kier molecular flexibility index (Phi) is 5.02. The molecule has 0 aromatic heterocycles. The third kappa shape index (κ3) is 3.88. The van der Waals surface area contributed by atoms with Crippen LogP contribution in [-0.2, 0) is 11.3 Å². The molecule has 4 nitrogen and oxygen atoms in total. The lowest BCUT2D eigenvalue weighted by Gasteiger charge is -2.31. The first-order chi connectivity index (χ1) is 12.2. The van der Waals surface area contributed by atoms with Gasteiger partial charge < -0.3 is 15.2 Å². The van der Waals surface area contributed by atoms with Gasteiger partial charge in [0.15, 0.2) is 0 Å². The molecule has 2 N–H and O–H groups in total. The highest BCUT2D eigenvalue weighted by Crippen LogP contribution is 2.63. The van der Waals surface area contributed by atoms with E-state index in [1.165, 1.54) is 0 Å². The lowest BCUT2D eigenvalue weighted by Crippen LogP contribution is -2.37. The maximum atomic E-state index is 11.4. The van der Waals surface area contributed by atoms with E-state index in [1.54, 1.807) is 0 Å². The van der Waals surface area contributed by atoms with Crippen LogP contribution in [0.2, 0.25) is 0 Å². The van der Waals surface area contributed by atoms with E-state index < -0.39 is 11.7 Å². The second kappa shape index (κ2) is 6.95. The second-order valence-electron chi connectivity index (χ2n) is 7.80. The molecule has 2 aromatic rings. The maximum absolute atomic E-state index is 11.4. The van der Waals surface area contributed by atoms with Crippen LogP contribution in [0, 0.1) is 5.41 Å². The normalized spacial score (nSPS) is 21.9. The monoisotopic (exact) mass is 417 g/mol. The Morgan fingerprint density at radius 1 is 1.15 bits per heavy atom. The molecule has 26 heavy (non-hydrogen) atoms. The molecular weight excluding hydrogens is 394 g/mol. The summed E-state index contributed by atoms with van der Waals surface area (Å²) in [4.78, 5) is 11.4. The average molecular weight is 418 g/mol. The molecule has 1 fully saturated rings. The molecular formula is C21H24BrNO3. The van der Waals surface area contributed by atoms with Gasteiger partial charge in [-0.05, 0) is 41.8 Å². The zero-order valence-corrected chi connectivity index (χ0v) is 16.9. The summed E-state index contributed by atoms with van der Waals surface area (Å²) in [5.74, 6) is 0.977. The summed E-state index contributed by atoms with van der Waals surface area (Å²) in [6.45, 7) is 6.75. The molecule has 0 aliphatic heterocycles. The van der Waals surface area contributed by atoms with E-state index in [-0.39, 0.29) is 11.3 Å². The number of ether oxygens (including phenoxy) is 2. The molecule has 0 bridgehead atoms. The van der Waals surface area contributed by atoms with Crippen LogP contribution in [-0.4, -0.2) is 11.7 Å². The molecule has 2 unspecified atom stereocenters. The van der Waals surface area contributed by atoms with Gasteiger partial charge in [-0.15, -0.1) is 0 Å². The van der Waals surface area contributed by atoms with Crippen LogP contribution in [0.4, 0.5) is 4.79 Å². The third-order valence-corrected chi connectivity index (χ3v) is 5.59. The summed E-state index contributed by atoms with van der Waals surface area (Å²) in [5.41, 5.74) is 6.84. The van der Waals surface area contributed by atoms with Gasteiger partial charge in [0.05, 0.1) is 0 Å². The van der Waals surface area contributed by atoms with E-state index in [1.807, 2.05) is 48.5 Å². The Balaban J connectivity index is 1.66. The van der Waals surface area contributed by atoms with E-state index in [0.29, 0.717) is 6.61 Å². The predicted molar refractivity (Wildman–Crippen MR) is 105 cm³/mol. The molecule has 138 valence electrons. The van der Waals surface area contributed by atoms with Gasteiger partial charge in [0.25, 0.3) is 0 Å². The molecule has 1 saturated carbocycles. The largest absolute Gasteiger partial charge is 0.489 e. The highest BCUT2D eigenvalue weighted by atomic mass is 79.9. The van der Waals surface area contributed by atoms with Gasteiger partial charge in [0.1, 0.15) is 18.0 Å². The number of benzene rings is 2. The molecule has 3 rings (SSSR count). The number of rotatable bonds is 5. The molecule has 2 aromatic carbocycles. The summed E-state index contributed by atoms with van der Waals surface area (Å²) in [5, 5.41) is 0. The van der Waals surface area contributed by atoms with Crippen molar-refractivity contribution in [3.63, 3.8) is 0 Å². The standard InChI is InChI=1S/C21H24BrNO3/c1-20(2,3)21(26-19(23)24)12-18(21)15-6-10-17(11-7-15)25-13-14-4-8-16(22)9-5-14/h4-11,18H,12-13H2,1-3H3,(H2,23,24). The molecule has 0 saturated heterocycles. The first-order valence-electron chi connectivity index (χ1n) is 8.67. The molecule has 2 atom stereocenters. The van der Waals surface area contributed by atoms with Crippen molar-refractivity contribution in [1.29, 1.82) is 0 Å². The van der Waals surface area contributed by atoms with E-state index in [0.717, 1.165) is 27.8 Å². The maximum Gasteiger partial charge on any atom is 0.405 e. The molecule has 1 aliphatic rings. The fourth-order valence-electron chi connectivity index (χ4n) is 3.45. The van der Waals surface area contributed by atoms with E-state index in [9.17, 15) is 4.79 Å². The number of hydrogen-bond donors (Lipinski definition) is 1. The summed E-state index contributed by atoms with van der Waals surface area (Å²) < 4.78 is 12.4. The summed E-state index contributed by atoms with van der Waals surface area (Å²) >= 11 is 3.43. The minimum Gasteiger partial charge on any atom is -0.489 e. The lowest BCUT2D eigenvalue weighted by atomic mass is 9.83. The quantitative estimate of drug-likeness (QED) is 0.708. The van der Waals surface area contributed by atoms with Crippen molar-refractivity contribution in [3.05, 3.63) is 64.1 Å². The zero-order valence-electron chi connectivity index (χ0n) is 15.3. The smallest absolute Gasteiger partial charge is 0.405 e. The van der Waals surface area contributed by atoms with Gasteiger partial charge in [-0.25, -0.2) is 4.79 Å². The Morgan fingerprint density at radius 3 is 2.31 bits per heavy atom. The number of hydrogen-bond acceptors (Lipinski definition) is 3. The van der Waals surface area contributed by atoms with E-state index in [2.05, 4.69) is 36.7 Å². The number of nitrogens with two attached hydrogens (primary N) is 1. The van der Waals surface area contributed by atoms with Gasteiger partial charge in [0.2, 0.25) is 0 Å². The number of carbonyl (C=O) groups excluding carboxylic acids is 1. The van der Waals surface area contributed by atoms with Crippen molar-refractivity contribution in [2.45, 2.75) is 45.3 Å². The van der Waals surface area contributed by atoms with Crippen LogP contribution in [0.5, 0.6) is 5.75 Å². The highest BCUT2D eigenvalue weighted by molar-refractivity contribution is 9.10. The van der Waals surface area contributed by atoms with Crippen LogP contribution in [0.3, 0.4) is 0 Å². The van der Waals surface area contributed by atoms with Crippen molar-refractivity contribution >= 4 is 22.0 Å². The molecule has 1 aliphatic carbocycles. The van der Waals surface area contributed by atoms with Gasteiger partial charge in [-0.3, -0.25) is 0 Å². The second-order valence-corrected chi connectivity index (χ2v) is 8.72. The molecule has 1 amide bonds. The predicted octanol–water partition coefficient (Wildman–Crippen LogP) is 5.40. The number of carbonyl (C=O) groups is 1. The van der Waals surface area contributed by atoms with Gasteiger partial charge >= 0.3 is 6.09 Å². The Labute approximate surface area is 162 Å². The van der Waals surface area contributed by atoms with Crippen molar-refractivity contribution in [1.82, 2.24) is 0 Å². The minimum atomic E-state index is -0.711. The highest BCUT2D eigenvalue weighted by Gasteiger charge is 2.65. The minimum absolute atomic E-state index is 0.163. The van der Waals surface area contributed by atoms with Crippen LogP contribution >= 0.6 is 15.9 Å². The number of amides is 1. The van der Waals surface area contributed by atoms with Gasteiger partial charge in [0, 0.05) is 15.8 Å².